The normalized spacial score (nSPS) is 16.5. The molecular formula is C21H28S. The highest BCUT2D eigenvalue weighted by molar-refractivity contribution is 7.15. The number of hydrogen-bond donors (Lipinski definition) is 0. The van der Waals surface area contributed by atoms with Crippen LogP contribution < -0.4 is 0 Å². The fraction of sp³-hybridized carbons (Fsp3) is 0.524. The van der Waals surface area contributed by atoms with Crippen LogP contribution in [-0.4, -0.2) is 0 Å². The van der Waals surface area contributed by atoms with Gasteiger partial charge in [-0.1, -0.05) is 51.5 Å². The van der Waals surface area contributed by atoms with Gasteiger partial charge >= 0.3 is 0 Å². The Balaban J connectivity index is 1.95. The van der Waals surface area contributed by atoms with E-state index in [1.807, 2.05) is 11.3 Å². The minimum atomic E-state index is 0.471. The van der Waals surface area contributed by atoms with Gasteiger partial charge in [0.15, 0.2) is 0 Å². The first-order chi connectivity index (χ1) is 10.5. The average Bonchev–Trinajstić information content (AvgIpc) is 2.81. The smallest absolute Gasteiger partial charge is 0.0377 e. The van der Waals surface area contributed by atoms with E-state index in [4.69, 9.17) is 0 Å². The third kappa shape index (κ3) is 3.15. The largest absolute Gasteiger partial charge is 0.140 e. The van der Waals surface area contributed by atoms with Gasteiger partial charge in [-0.2, -0.15) is 0 Å². The lowest BCUT2D eigenvalue weighted by molar-refractivity contribution is 0.317. The van der Waals surface area contributed by atoms with Gasteiger partial charge in [0.05, 0.1) is 0 Å². The van der Waals surface area contributed by atoms with Gasteiger partial charge in [-0.3, -0.25) is 0 Å². The van der Waals surface area contributed by atoms with Gasteiger partial charge in [-0.25, -0.2) is 0 Å². The SMILES string of the molecule is CCCCc1cccc(-c2sc3c(c2C)CC(C)(C)CC3)c1. The zero-order valence-electron chi connectivity index (χ0n) is 14.5. The van der Waals surface area contributed by atoms with E-state index in [0.29, 0.717) is 5.41 Å². The molecule has 0 saturated heterocycles. The van der Waals surface area contributed by atoms with Crippen molar-refractivity contribution in [1.82, 2.24) is 0 Å². The number of hydrogen-bond acceptors (Lipinski definition) is 1. The van der Waals surface area contributed by atoms with Crippen molar-refractivity contribution >= 4 is 11.3 Å². The van der Waals surface area contributed by atoms with Crippen LogP contribution in [0.25, 0.3) is 10.4 Å². The second-order valence-electron chi connectivity index (χ2n) is 7.60. The van der Waals surface area contributed by atoms with Gasteiger partial charge in [0, 0.05) is 9.75 Å². The monoisotopic (exact) mass is 312 g/mol. The summed E-state index contributed by atoms with van der Waals surface area (Å²) in [4.78, 5) is 3.16. The summed E-state index contributed by atoms with van der Waals surface area (Å²) in [5.74, 6) is 0. The zero-order valence-corrected chi connectivity index (χ0v) is 15.3. The average molecular weight is 313 g/mol. The van der Waals surface area contributed by atoms with E-state index >= 15 is 0 Å². The van der Waals surface area contributed by atoms with Gasteiger partial charge in [0.2, 0.25) is 0 Å². The fourth-order valence-electron chi connectivity index (χ4n) is 3.58. The molecule has 0 unspecified atom stereocenters. The molecule has 0 saturated carbocycles. The molecule has 0 N–H and O–H groups in total. The zero-order chi connectivity index (χ0) is 15.7. The van der Waals surface area contributed by atoms with E-state index in [2.05, 4.69) is 52.0 Å². The number of rotatable bonds is 4. The molecule has 0 bridgehead atoms. The van der Waals surface area contributed by atoms with Crippen LogP contribution in [0.1, 0.15) is 61.6 Å². The van der Waals surface area contributed by atoms with Gasteiger partial charge in [0.25, 0.3) is 0 Å². The topological polar surface area (TPSA) is 0 Å². The maximum Gasteiger partial charge on any atom is 0.0377 e. The Hall–Kier alpha value is -1.08. The summed E-state index contributed by atoms with van der Waals surface area (Å²) >= 11 is 2.05. The van der Waals surface area contributed by atoms with Crippen LogP contribution >= 0.6 is 11.3 Å². The summed E-state index contributed by atoms with van der Waals surface area (Å²) in [5, 5.41) is 0. The van der Waals surface area contributed by atoms with Crippen LogP contribution in [0.5, 0.6) is 0 Å². The second kappa shape index (κ2) is 6.20. The molecule has 0 radical (unpaired) electrons. The maximum atomic E-state index is 2.42. The van der Waals surface area contributed by atoms with Gasteiger partial charge in [0.1, 0.15) is 0 Å². The number of thiophene rings is 1. The van der Waals surface area contributed by atoms with Crippen molar-refractivity contribution in [2.45, 2.75) is 66.2 Å². The number of unbranched alkanes of at least 4 members (excludes halogenated alkanes) is 1. The Morgan fingerprint density at radius 2 is 2.05 bits per heavy atom. The number of fused-ring (bicyclic) bond motifs is 1. The van der Waals surface area contributed by atoms with Gasteiger partial charge in [-0.15, -0.1) is 11.3 Å². The third-order valence-electron chi connectivity index (χ3n) is 5.05. The Morgan fingerprint density at radius 1 is 1.23 bits per heavy atom. The summed E-state index contributed by atoms with van der Waals surface area (Å²) in [6.45, 7) is 9.43. The van der Waals surface area contributed by atoms with Crippen molar-refractivity contribution in [1.29, 1.82) is 0 Å². The van der Waals surface area contributed by atoms with Crippen molar-refractivity contribution in [2.24, 2.45) is 5.41 Å². The van der Waals surface area contributed by atoms with E-state index in [9.17, 15) is 0 Å². The summed E-state index contributed by atoms with van der Waals surface area (Å²) in [6.07, 6.45) is 7.62. The summed E-state index contributed by atoms with van der Waals surface area (Å²) < 4.78 is 0. The quantitative estimate of drug-likeness (QED) is 0.598. The first-order valence-electron chi connectivity index (χ1n) is 8.70. The van der Waals surface area contributed by atoms with Crippen molar-refractivity contribution in [2.75, 3.05) is 0 Å². The Morgan fingerprint density at radius 3 is 2.82 bits per heavy atom. The molecule has 1 aliphatic carbocycles. The molecule has 1 heterocycles. The van der Waals surface area contributed by atoms with Crippen LogP contribution in [-0.2, 0) is 19.3 Å². The molecule has 2 aromatic rings. The second-order valence-corrected chi connectivity index (χ2v) is 8.71. The van der Waals surface area contributed by atoms with Crippen LogP contribution in [0, 0.1) is 12.3 Å². The lowest BCUT2D eigenvalue weighted by Crippen LogP contribution is -2.21. The van der Waals surface area contributed by atoms with E-state index in [1.54, 1.807) is 16.0 Å². The molecule has 0 atom stereocenters. The molecule has 3 rings (SSSR count). The fourth-order valence-corrected chi connectivity index (χ4v) is 4.90. The molecule has 0 amide bonds. The Bertz CT molecular complexity index is 661. The van der Waals surface area contributed by atoms with Crippen molar-refractivity contribution in [3.63, 3.8) is 0 Å². The summed E-state index contributed by atoms with van der Waals surface area (Å²) in [6, 6.07) is 9.24. The van der Waals surface area contributed by atoms with E-state index < -0.39 is 0 Å². The first kappa shape index (κ1) is 15.8. The molecule has 1 heteroatoms. The highest BCUT2D eigenvalue weighted by Gasteiger charge is 2.29. The Kier molecular flexibility index (Phi) is 4.45. The number of aryl methyl sites for hydroxylation is 2. The highest BCUT2D eigenvalue weighted by Crippen LogP contribution is 2.44. The molecule has 1 aliphatic rings. The Labute approximate surface area is 139 Å². The van der Waals surface area contributed by atoms with Crippen LogP contribution in [0.15, 0.2) is 24.3 Å². The molecule has 22 heavy (non-hydrogen) atoms. The molecule has 1 aromatic carbocycles. The van der Waals surface area contributed by atoms with Gasteiger partial charge in [-0.05, 0) is 66.7 Å². The van der Waals surface area contributed by atoms with Crippen LogP contribution in [0.4, 0.5) is 0 Å². The predicted molar refractivity (Wildman–Crippen MR) is 98.9 cm³/mol. The molecule has 0 aliphatic heterocycles. The lowest BCUT2D eigenvalue weighted by Gasteiger charge is -2.29. The van der Waals surface area contributed by atoms with Crippen LogP contribution in [0.3, 0.4) is 0 Å². The standard InChI is InChI=1S/C21H28S/c1-5-6-8-16-9-7-10-17(13-16)20-15(2)18-14-21(3,4)12-11-19(18)22-20/h7,9-10,13H,5-6,8,11-12,14H2,1-4H3. The van der Waals surface area contributed by atoms with E-state index in [-0.39, 0.29) is 0 Å². The summed E-state index contributed by atoms with van der Waals surface area (Å²) in [7, 11) is 0. The molecule has 0 fully saturated rings. The van der Waals surface area contributed by atoms with Gasteiger partial charge < -0.3 is 0 Å². The van der Waals surface area contributed by atoms with Crippen molar-refractivity contribution < 1.29 is 0 Å². The number of benzene rings is 1. The minimum absolute atomic E-state index is 0.471. The molecule has 1 aromatic heterocycles. The van der Waals surface area contributed by atoms with Crippen LogP contribution in [0.2, 0.25) is 0 Å². The molecule has 118 valence electrons. The van der Waals surface area contributed by atoms with Crippen molar-refractivity contribution in [3.8, 4) is 10.4 Å². The predicted octanol–water partition coefficient (Wildman–Crippen LogP) is 6.58. The first-order valence-corrected chi connectivity index (χ1v) is 9.52. The summed E-state index contributed by atoms with van der Waals surface area (Å²) in [5.41, 5.74) is 6.59. The van der Waals surface area contributed by atoms with Crippen molar-refractivity contribution in [3.05, 3.63) is 45.8 Å². The van der Waals surface area contributed by atoms with E-state index in [1.165, 1.54) is 54.5 Å². The third-order valence-corrected chi connectivity index (χ3v) is 6.49. The molecular weight excluding hydrogens is 284 g/mol. The van der Waals surface area contributed by atoms with E-state index in [0.717, 1.165) is 0 Å². The lowest BCUT2D eigenvalue weighted by atomic mass is 9.76. The maximum absolute atomic E-state index is 2.42. The molecule has 0 nitrogen and oxygen atoms in total. The highest BCUT2D eigenvalue weighted by atomic mass is 32.1. The minimum Gasteiger partial charge on any atom is -0.140 e. The molecule has 0 spiro atoms.